The quantitative estimate of drug-likeness (QED) is 0.433. The monoisotopic (exact) mass is 437 g/mol. The summed E-state index contributed by atoms with van der Waals surface area (Å²) in [4.78, 5) is 26.0. The largest absolute Gasteiger partial charge is 0.481 e. The number of anilines is 1. The van der Waals surface area contributed by atoms with E-state index >= 15 is 0 Å². The van der Waals surface area contributed by atoms with Crippen LogP contribution < -0.4 is 5.32 Å². The molecule has 2 N–H and O–H groups in total. The molecule has 0 spiro atoms. The van der Waals surface area contributed by atoms with Crippen molar-refractivity contribution in [1.29, 1.82) is 0 Å². The van der Waals surface area contributed by atoms with Crippen molar-refractivity contribution in [3.63, 3.8) is 0 Å². The van der Waals surface area contributed by atoms with E-state index in [1.807, 2.05) is 97.9 Å². The number of hydrogen-bond donors (Lipinski definition) is 2. The minimum atomic E-state index is -0.913. The van der Waals surface area contributed by atoms with Gasteiger partial charge in [-0.3, -0.25) is 9.59 Å². The van der Waals surface area contributed by atoms with Gasteiger partial charge in [0.2, 0.25) is 5.91 Å². The second kappa shape index (κ2) is 9.70. The molecule has 1 fully saturated rings. The lowest BCUT2D eigenvalue weighted by Crippen LogP contribution is -2.54. The van der Waals surface area contributed by atoms with Gasteiger partial charge < -0.3 is 10.4 Å². The van der Waals surface area contributed by atoms with Gasteiger partial charge in [-0.15, -0.1) is 0 Å². The van der Waals surface area contributed by atoms with Crippen LogP contribution in [0.5, 0.6) is 0 Å². The van der Waals surface area contributed by atoms with E-state index in [-0.39, 0.29) is 5.91 Å². The van der Waals surface area contributed by atoms with Crippen LogP contribution in [0.3, 0.4) is 0 Å². The normalized spacial score (nSPS) is 22.3. The maximum absolute atomic E-state index is 13.7. The number of rotatable bonds is 7. The minimum absolute atomic E-state index is 0.191. The first-order chi connectivity index (χ1) is 16.0. The number of carboxylic acid groups (broad SMARTS) is 1. The Morgan fingerprint density at radius 3 is 2.30 bits per heavy atom. The first-order valence-electron chi connectivity index (χ1n) is 11.1. The second-order valence-corrected chi connectivity index (χ2v) is 8.33. The highest BCUT2D eigenvalue weighted by Crippen LogP contribution is 2.56. The van der Waals surface area contributed by atoms with Gasteiger partial charge in [-0.25, -0.2) is 0 Å². The van der Waals surface area contributed by atoms with Gasteiger partial charge in [0, 0.05) is 22.9 Å². The molecule has 4 atom stereocenters. The standard InChI is InChI=1S/C29H27NO3/c1-3-4-6-12-19(2)24-26(25(27(24)29(32)33)21-14-7-5-8-15-21)28(31)30-23-18-11-16-20-13-9-10-17-22(20)23/h3-18,24-27H,2H2,1H3,(H,30,31)(H,32,33)/b4-3-,12-6-/t24-,25-,26-,27-/m0/s1. The van der Waals surface area contributed by atoms with Crippen molar-refractivity contribution in [3.8, 4) is 0 Å². The lowest BCUT2D eigenvalue weighted by atomic mass is 9.52. The van der Waals surface area contributed by atoms with E-state index in [1.54, 1.807) is 6.08 Å². The molecule has 3 aromatic rings. The van der Waals surface area contributed by atoms with Crippen molar-refractivity contribution in [2.24, 2.45) is 17.8 Å². The average Bonchev–Trinajstić information content (AvgIpc) is 2.79. The zero-order valence-electron chi connectivity index (χ0n) is 18.5. The topological polar surface area (TPSA) is 66.4 Å². The van der Waals surface area contributed by atoms with Crippen molar-refractivity contribution in [3.05, 3.63) is 115 Å². The fraction of sp³-hybridized carbons (Fsp3) is 0.172. The molecule has 1 aliphatic rings. The Labute approximate surface area is 194 Å². The molecule has 0 saturated heterocycles. The van der Waals surface area contributed by atoms with Gasteiger partial charge >= 0.3 is 5.97 Å². The zero-order valence-corrected chi connectivity index (χ0v) is 18.5. The zero-order chi connectivity index (χ0) is 23.4. The number of allylic oxidation sites excluding steroid dienone is 5. The van der Waals surface area contributed by atoms with Crippen molar-refractivity contribution in [1.82, 2.24) is 0 Å². The molecule has 0 bridgehead atoms. The summed E-state index contributed by atoms with van der Waals surface area (Å²) >= 11 is 0. The maximum atomic E-state index is 13.7. The number of amides is 1. The second-order valence-electron chi connectivity index (χ2n) is 8.33. The SMILES string of the molecule is C=C(/C=C\C=C/C)[C@@H]1[C@H](C(=O)O)[C@@H](c2ccccc2)[C@H]1C(=O)Nc1cccc2ccccc12. The van der Waals surface area contributed by atoms with Crippen LogP contribution >= 0.6 is 0 Å². The number of carboxylic acids is 1. The molecular formula is C29H27NO3. The first-order valence-corrected chi connectivity index (χ1v) is 11.1. The third kappa shape index (κ3) is 4.37. The van der Waals surface area contributed by atoms with E-state index < -0.39 is 29.6 Å². The van der Waals surface area contributed by atoms with Gasteiger partial charge in [0.05, 0.1) is 11.8 Å². The number of benzene rings is 3. The molecule has 0 radical (unpaired) electrons. The lowest BCUT2D eigenvalue weighted by molar-refractivity contribution is -0.154. The van der Waals surface area contributed by atoms with Crippen LogP contribution in [0.15, 0.2) is 109 Å². The Bertz CT molecular complexity index is 1240. The summed E-state index contributed by atoms with van der Waals surface area (Å²) in [7, 11) is 0. The molecule has 0 aliphatic heterocycles. The summed E-state index contributed by atoms with van der Waals surface area (Å²) in [5, 5.41) is 15.1. The van der Waals surface area contributed by atoms with E-state index in [0.29, 0.717) is 5.57 Å². The summed E-state index contributed by atoms with van der Waals surface area (Å²) in [5.74, 6) is -3.31. The molecule has 4 rings (SSSR count). The van der Waals surface area contributed by atoms with E-state index in [2.05, 4.69) is 11.9 Å². The molecule has 0 heterocycles. The molecule has 3 aromatic carbocycles. The van der Waals surface area contributed by atoms with E-state index in [9.17, 15) is 14.7 Å². The molecule has 166 valence electrons. The predicted octanol–water partition coefficient (Wildman–Crippen LogP) is 6.20. The van der Waals surface area contributed by atoms with Crippen LogP contribution in [0.4, 0.5) is 5.69 Å². The van der Waals surface area contributed by atoms with Crippen LogP contribution in [-0.2, 0) is 9.59 Å². The van der Waals surface area contributed by atoms with Gasteiger partial charge in [0.15, 0.2) is 0 Å². The number of aliphatic carboxylic acids is 1. The van der Waals surface area contributed by atoms with Gasteiger partial charge in [0.25, 0.3) is 0 Å². The third-order valence-electron chi connectivity index (χ3n) is 6.41. The number of hydrogen-bond acceptors (Lipinski definition) is 2. The Balaban J connectivity index is 1.72. The minimum Gasteiger partial charge on any atom is -0.481 e. The molecule has 1 amide bonds. The summed E-state index contributed by atoms with van der Waals surface area (Å²) < 4.78 is 0. The van der Waals surface area contributed by atoms with E-state index in [0.717, 1.165) is 22.0 Å². The Morgan fingerprint density at radius 1 is 0.879 bits per heavy atom. The van der Waals surface area contributed by atoms with Gasteiger partial charge in [0.1, 0.15) is 0 Å². The maximum Gasteiger partial charge on any atom is 0.307 e. The van der Waals surface area contributed by atoms with Crippen molar-refractivity contribution >= 4 is 28.3 Å². The fourth-order valence-corrected chi connectivity index (χ4v) is 4.88. The van der Waals surface area contributed by atoms with Gasteiger partial charge in [-0.1, -0.05) is 103 Å². The van der Waals surface area contributed by atoms with E-state index in [4.69, 9.17) is 0 Å². The smallest absolute Gasteiger partial charge is 0.307 e. The molecule has 4 nitrogen and oxygen atoms in total. The third-order valence-corrected chi connectivity index (χ3v) is 6.41. The van der Waals surface area contributed by atoms with E-state index in [1.165, 1.54) is 0 Å². The summed E-state index contributed by atoms with van der Waals surface area (Å²) in [5.41, 5.74) is 2.22. The van der Waals surface area contributed by atoms with Crippen LogP contribution in [0, 0.1) is 17.8 Å². The Morgan fingerprint density at radius 2 is 1.58 bits per heavy atom. The fourth-order valence-electron chi connectivity index (χ4n) is 4.88. The summed E-state index contributed by atoms with van der Waals surface area (Å²) in [6.45, 7) is 6.04. The highest BCUT2D eigenvalue weighted by atomic mass is 16.4. The molecule has 1 aliphatic carbocycles. The van der Waals surface area contributed by atoms with Crippen molar-refractivity contribution < 1.29 is 14.7 Å². The van der Waals surface area contributed by atoms with Crippen molar-refractivity contribution in [2.45, 2.75) is 12.8 Å². The Kier molecular flexibility index (Phi) is 6.55. The van der Waals surface area contributed by atoms with Crippen LogP contribution in [-0.4, -0.2) is 17.0 Å². The highest BCUT2D eigenvalue weighted by Gasteiger charge is 2.58. The summed E-state index contributed by atoms with van der Waals surface area (Å²) in [6, 6.07) is 23.1. The number of carbonyl (C=O) groups is 2. The number of fused-ring (bicyclic) bond motifs is 1. The molecule has 0 aromatic heterocycles. The predicted molar refractivity (Wildman–Crippen MR) is 133 cm³/mol. The molecule has 1 saturated carbocycles. The number of carbonyl (C=O) groups excluding carboxylic acids is 1. The number of nitrogens with one attached hydrogen (secondary N) is 1. The molecule has 33 heavy (non-hydrogen) atoms. The molecular weight excluding hydrogens is 410 g/mol. The highest BCUT2D eigenvalue weighted by molar-refractivity contribution is 6.04. The summed E-state index contributed by atoms with van der Waals surface area (Å²) in [6.07, 6.45) is 7.38. The lowest BCUT2D eigenvalue weighted by Gasteiger charge is -2.49. The molecule has 0 unspecified atom stereocenters. The first kappa shape index (κ1) is 22.3. The molecule has 4 heteroatoms. The average molecular weight is 438 g/mol. The van der Waals surface area contributed by atoms with Crippen molar-refractivity contribution in [2.75, 3.05) is 5.32 Å². The van der Waals surface area contributed by atoms with Crippen LogP contribution in [0.1, 0.15) is 18.4 Å². The van der Waals surface area contributed by atoms with Crippen LogP contribution in [0.2, 0.25) is 0 Å². The van der Waals surface area contributed by atoms with Gasteiger partial charge in [-0.05, 0) is 23.9 Å². The van der Waals surface area contributed by atoms with Gasteiger partial charge in [-0.2, -0.15) is 0 Å². The Hall–Kier alpha value is -3.92. The van der Waals surface area contributed by atoms with Crippen LogP contribution in [0.25, 0.3) is 10.8 Å².